The molecule has 24 heavy (non-hydrogen) atoms. The Kier molecular flexibility index (Phi) is 6.26. The number of amides is 1. The van der Waals surface area contributed by atoms with Crippen LogP contribution in [-0.2, 0) is 0 Å². The lowest BCUT2D eigenvalue weighted by atomic mass is 10.2. The van der Waals surface area contributed by atoms with Crippen LogP contribution in [0.25, 0.3) is 0 Å². The van der Waals surface area contributed by atoms with Gasteiger partial charge in [-0.25, -0.2) is 4.39 Å². The van der Waals surface area contributed by atoms with Crippen LogP contribution < -0.4 is 15.4 Å². The van der Waals surface area contributed by atoms with Gasteiger partial charge in [0.2, 0.25) is 0 Å². The van der Waals surface area contributed by atoms with E-state index in [2.05, 4.69) is 10.6 Å². The first kappa shape index (κ1) is 17.9. The molecule has 0 aromatic heterocycles. The second kappa shape index (κ2) is 8.40. The van der Waals surface area contributed by atoms with Crippen LogP contribution in [0.5, 0.6) is 5.75 Å². The first-order valence-corrected chi connectivity index (χ1v) is 8.03. The molecule has 2 aromatic carbocycles. The van der Waals surface area contributed by atoms with Crippen LogP contribution in [0.4, 0.5) is 10.1 Å². The zero-order chi connectivity index (χ0) is 17.5. The van der Waals surface area contributed by atoms with E-state index in [-0.39, 0.29) is 22.9 Å². The molecule has 0 aliphatic rings. The largest absolute Gasteiger partial charge is 0.491 e. The van der Waals surface area contributed by atoms with Gasteiger partial charge >= 0.3 is 0 Å². The fourth-order valence-electron chi connectivity index (χ4n) is 1.90. The van der Waals surface area contributed by atoms with Crippen LogP contribution in [0.2, 0.25) is 0 Å². The topological polar surface area (TPSA) is 50.4 Å². The molecule has 0 heterocycles. The fourth-order valence-corrected chi connectivity index (χ4v) is 2.11. The maximum absolute atomic E-state index is 13.1. The summed E-state index contributed by atoms with van der Waals surface area (Å²) in [6.07, 6.45) is 1.02. The van der Waals surface area contributed by atoms with E-state index >= 15 is 0 Å². The van der Waals surface area contributed by atoms with E-state index in [1.807, 2.05) is 13.8 Å². The number of hydrogen-bond acceptors (Lipinski definition) is 3. The number of benzene rings is 2. The third-order valence-electron chi connectivity index (χ3n) is 3.34. The van der Waals surface area contributed by atoms with Gasteiger partial charge in [0.15, 0.2) is 5.11 Å². The van der Waals surface area contributed by atoms with Crippen molar-refractivity contribution < 1.29 is 13.9 Å². The van der Waals surface area contributed by atoms with Crippen molar-refractivity contribution in [3.8, 4) is 5.75 Å². The Hall–Kier alpha value is -2.47. The van der Waals surface area contributed by atoms with Crippen LogP contribution >= 0.6 is 12.2 Å². The molecule has 0 bridgehead atoms. The standard InChI is InChI=1S/C18H19FN2O2S/c1-3-12(2)23-16-9-7-13(8-10-16)17(22)21-18(24)20-15-6-4-5-14(19)11-15/h4-12H,3H2,1-2H3,(H2,20,21,22,24)/t12-/m0/s1. The summed E-state index contributed by atoms with van der Waals surface area (Å²) in [5.74, 6) is -0.0219. The van der Waals surface area contributed by atoms with Gasteiger partial charge in [-0.15, -0.1) is 0 Å². The van der Waals surface area contributed by atoms with Crippen molar-refractivity contribution in [2.24, 2.45) is 0 Å². The first-order valence-electron chi connectivity index (χ1n) is 7.62. The van der Waals surface area contributed by atoms with Crippen molar-refractivity contribution in [3.05, 3.63) is 59.9 Å². The van der Waals surface area contributed by atoms with Gasteiger partial charge in [-0.05, 0) is 68.0 Å². The number of rotatable bonds is 5. The van der Waals surface area contributed by atoms with E-state index in [1.54, 1.807) is 36.4 Å². The van der Waals surface area contributed by atoms with Gasteiger partial charge in [-0.2, -0.15) is 0 Å². The number of ether oxygens (including phenoxy) is 1. The molecule has 2 aromatic rings. The normalized spacial score (nSPS) is 11.5. The minimum Gasteiger partial charge on any atom is -0.491 e. The van der Waals surface area contributed by atoms with E-state index < -0.39 is 0 Å². The highest BCUT2D eigenvalue weighted by Gasteiger charge is 2.09. The second-order valence-electron chi connectivity index (χ2n) is 5.28. The van der Waals surface area contributed by atoms with Gasteiger partial charge in [-0.1, -0.05) is 13.0 Å². The van der Waals surface area contributed by atoms with Gasteiger partial charge in [-0.3, -0.25) is 10.1 Å². The average molecular weight is 346 g/mol. The number of carbonyl (C=O) groups excluding carboxylic acids is 1. The summed E-state index contributed by atoms with van der Waals surface area (Å²) in [5.41, 5.74) is 0.924. The van der Waals surface area contributed by atoms with Crippen LogP contribution in [-0.4, -0.2) is 17.1 Å². The summed E-state index contributed by atoms with van der Waals surface area (Å²) in [6.45, 7) is 4.02. The SMILES string of the molecule is CC[C@H](C)Oc1ccc(C(=O)NC(=S)Nc2cccc(F)c2)cc1. The number of halogens is 1. The minimum atomic E-state index is -0.383. The zero-order valence-electron chi connectivity index (χ0n) is 13.5. The Bertz CT molecular complexity index is 719. The average Bonchev–Trinajstić information content (AvgIpc) is 2.55. The molecule has 0 unspecified atom stereocenters. The monoisotopic (exact) mass is 346 g/mol. The van der Waals surface area contributed by atoms with Crippen molar-refractivity contribution in [3.63, 3.8) is 0 Å². The summed E-state index contributed by atoms with van der Waals surface area (Å²) in [4.78, 5) is 12.1. The number of hydrogen-bond donors (Lipinski definition) is 2. The van der Waals surface area contributed by atoms with Crippen molar-refractivity contribution in [1.82, 2.24) is 5.32 Å². The van der Waals surface area contributed by atoms with Crippen molar-refractivity contribution in [1.29, 1.82) is 0 Å². The maximum Gasteiger partial charge on any atom is 0.257 e. The van der Waals surface area contributed by atoms with Crippen LogP contribution in [0, 0.1) is 5.82 Å². The molecule has 1 amide bonds. The molecule has 0 saturated carbocycles. The third-order valence-corrected chi connectivity index (χ3v) is 3.54. The summed E-state index contributed by atoms with van der Waals surface area (Å²) >= 11 is 5.06. The van der Waals surface area contributed by atoms with Gasteiger partial charge in [0.25, 0.3) is 5.91 Å². The number of thiocarbonyl (C=S) groups is 1. The van der Waals surface area contributed by atoms with Crippen LogP contribution in [0.3, 0.4) is 0 Å². The molecule has 6 heteroatoms. The molecular weight excluding hydrogens is 327 g/mol. The number of carbonyl (C=O) groups is 1. The van der Waals surface area contributed by atoms with E-state index in [0.717, 1.165) is 6.42 Å². The Labute approximate surface area is 146 Å². The lowest BCUT2D eigenvalue weighted by Crippen LogP contribution is -2.34. The summed E-state index contributed by atoms with van der Waals surface area (Å²) in [6, 6.07) is 12.6. The molecular formula is C18H19FN2O2S. The lowest BCUT2D eigenvalue weighted by molar-refractivity contribution is 0.0977. The van der Waals surface area contributed by atoms with Crippen LogP contribution in [0.15, 0.2) is 48.5 Å². The summed E-state index contributed by atoms with van der Waals surface area (Å²) in [7, 11) is 0. The number of anilines is 1. The predicted molar refractivity (Wildman–Crippen MR) is 96.9 cm³/mol. The summed E-state index contributed by atoms with van der Waals surface area (Å²) < 4.78 is 18.8. The molecule has 2 rings (SSSR count). The maximum atomic E-state index is 13.1. The number of nitrogens with one attached hydrogen (secondary N) is 2. The van der Waals surface area contributed by atoms with Gasteiger partial charge in [0, 0.05) is 11.3 Å². The minimum absolute atomic E-state index is 0.102. The molecule has 1 atom stereocenters. The van der Waals surface area contributed by atoms with Crippen LogP contribution in [0.1, 0.15) is 30.6 Å². The van der Waals surface area contributed by atoms with E-state index in [1.165, 1.54) is 12.1 Å². The highest BCUT2D eigenvalue weighted by Crippen LogP contribution is 2.15. The van der Waals surface area contributed by atoms with Crippen molar-refractivity contribution in [2.75, 3.05) is 5.32 Å². The van der Waals surface area contributed by atoms with Crippen molar-refractivity contribution >= 4 is 28.9 Å². The zero-order valence-corrected chi connectivity index (χ0v) is 14.3. The van der Waals surface area contributed by atoms with Gasteiger partial charge in [0.05, 0.1) is 6.10 Å². The smallest absolute Gasteiger partial charge is 0.257 e. The molecule has 2 N–H and O–H groups in total. The Morgan fingerprint density at radius 1 is 1.25 bits per heavy atom. The molecule has 126 valence electrons. The molecule has 0 spiro atoms. The lowest BCUT2D eigenvalue weighted by Gasteiger charge is -2.13. The Balaban J connectivity index is 1.93. The molecule has 4 nitrogen and oxygen atoms in total. The van der Waals surface area contributed by atoms with Crippen molar-refractivity contribution in [2.45, 2.75) is 26.4 Å². The fraction of sp³-hybridized carbons (Fsp3) is 0.222. The second-order valence-corrected chi connectivity index (χ2v) is 5.69. The highest BCUT2D eigenvalue weighted by atomic mass is 32.1. The van der Waals surface area contributed by atoms with Gasteiger partial charge in [0.1, 0.15) is 11.6 Å². The first-order chi connectivity index (χ1) is 11.5. The quantitative estimate of drug-likeness (QED) is 0.799. The Morgan fingerprint density at radius 2 is 1.96 bits per heavy atom. The van der Waals surface area contributed by atoms with E-state index in [9.17, 15) is 9.18 Å². The van der Waals surface area contributed by atoms with E-state index in [0.29, 0.717) is 17.0 Å². The molecule has 0 aliphatic carbocycles. The molecule has 0 aliphatic heterocycles. The Morgan fingerprint density at radius 3 is 2.58 bits per heavy atom. The predicted octanol–water partition coefficient (Wildman–Crippen LogP) is 4.13. The van der Waals surface area contributed by atoms with E-state index in [4.69, 9.17) is 17.0 Å². The third kappa shape index (κ3) is 5.31. The molecule has 0 saturated heterocycles. The van der Waals surface area contributed by atoms with Gasteiger partial charge < -0.3 is 10.1 Å². The summed E-state index contributed by atoms with van der Waals surface area (Å²) in [5, 5.41) is 5.42. The highest BCUT2D eigenvalue weighted by molar-refractivity contribution is 7.80. The molecule has 0 radical (unpaired) electrons. The molecule has 0 fully saturated rings.